The normalized spacial score (nSPS) is 10.1. The number of hydrogen-bond acceptors (Lipinski definition) is 3. The van der Waals surface area contributed by atoms with Crippen LogP contribution in [0.3, 0.4) is 0 Å². The Morgan fingerprint density at radius 1 is 1.41 bits per heavy atom. The first-order chi connectivity index (χ1) is 8.19. The Kier molecular flexibility index (Phi) is 5.49. The monoisotopic (exact) mass is 236 g/mol. The fraction of sp³-hybridized carbons (Fsp3) is 0.462. The predicted octanol–water partition coefficient (Wildman–Crippen LogP) is 1.26. The predicted molar refractivity (Wildman–Crippen MR) is 68.0 cm³/mol. The molecule has 0 heterocycles. The van der Waals surface area contributed by atoms with Gasteiger partial charge in [-0.15, -0.1) is 0 Å². The lowest BCUT2D eigenvalue weighted by molar-refractivity contribution is -0.130. The van der Waals surface area contributed by atoms with Crippen LogP contribution in [0, 0.1) is 0 Å². The molecule has 0 unspecified atom stereocenters. The lowest BCUT2D eigenvalue weighted by Crippen LogP contribution is -2.28. The minimum atomic E-state index is 0.130. The Morgan fingerprint density at radius 2 is 2.12 bits per heavy atom. The van der Waals surface area contributed by atoms with E-state index in [1.807, 2.05) is 38.4 Å². The summed E-state index contributed by atoms with van der Waals surface area (Å²) in [4.78, 5) is 13.5. The van der Waals surface area contributed by atoms with Gasteiger partial charge in [0.25, 0.3) is 0 Å². The minimum absolute atomic E-state index is 0.130. The molecular formula is C13H20N2O2. The van der Waals surface area contributed by atoms with E-state index >= 15 is 0 Å². The zero-order valence-corrected chi connectivity index (χ0v) is 10.7. The number of methoxy groups -OCH3 is 1. The van der Waals surface area contributed by atoms with Crippen LogP contribution in [-0.4, -0.2) is 38.6 Å². The highest BCUT2D eigenvalue weighted by molar-refractivity contribution is 5.76. The largest absolute Gasteiger partial charge is 0.496 e. The van der Waals surface area contributed by atoms with E-state index in [2.05, 4.69) is 5.32 Å². The highest BCUT2D eigenvalue weighted by Gasteiger charge is 2.10. The van der Waals surface area contributed by atoms with Gasteiger partial charge >= 0.3 is 0 Å². The number of nitrogens with zero attached hydrogens (tertiary/aromatic N) is 1. The molecule has 0 radical (unpaired) electrons. The van der Waals surface area contributed by atoms with Crippen LogP contribution in [-0.2, 0) is 11.3 Å². The molecule has 0 atom stereocenters. The third-order valence-electron chi connectivity index (χ3n) is 2.61. The maximum absolute atomic E-state index is 11.8. The molecule has 1 amide bonds. The van der Waals surface area contributed by atoms with E-state index in [0.717, 1.165) is 11.3 Å². The number of benzene rings is 1. The summed E-state index contributed by atoms with van der Waals surface area (Å²) in [5, 5.41) is 2.97. The number of carbonyl (C=O) groups is 1. The van der Waals surface area contributed by atoms with Crippen molar-refractivity contribution in [3.8, 4) is 5.75 Å². The summed E-state index contributed by atoms with van der Waals surface area (Å²) in [6.07, 6.45) is 0.516. The van der Waals surface area contributed by atoms with Crippen molar-refractivity contribution in [3.05, 3.63) is 29.8 Å². The second kappa shape index (κ2) is 6.91. The average molecular weight is 236 g/mol. The topological polar surface area (TPSA) is 41.6 Å². The first kappa shape index (κ1) is 13.5. The number of hydrogen-bond donors (Lipinski definition) is 1. The first-order valence-electron chi connectivity index (χ1n) is 5.69. The lowest BCUT2D eigenvalue weighted by Gasteiger charge is -2.18. The van der Waals surface area contributed by atoms with Gasteiger partial charge in [0.15, 0.2) is 0 Å². The number of rotatable bonds is 6. The van der Waals surface area contributed by atoms with Crippen molar-refractivity contribution < 1.29 is 9.53 Å². The molecule has 0 bridgehead atoms. The van der Waals surface area contributed by atoms with Gasteiger partial charge in [-0.3, -0.25) is 4.79 Å². The van der Waals surface area contributed by atoms with E-state index in [0.29, 0.717) is 19.5 Å². The summed E-state index contributed by atoms with van der Waals surface area (Å²) in [5.41, 5.74) is 1.02. The van der Waals surface area contributed by atoms with Crippen molar-refractivity contribution in [2.24, 2.45) is 0 Å². The summed E-state index contributed by atoms with van der Waals surface area (Å²) in [6, 6.07) is 7.75. The molecule has 1 aromatic carbocycles. The Hall–Kier alpha value is -1.55. The highest BCUT2D eigenvalue weighted by atomic mass is 16.5. The molecule has 1 rings (SSSR count). The lowest BCUT2D eigenvalue weighted by atomic mass is 10.2. The smallest absolute Gasteiger partial charge is 0.223 e. The maximum atomic E-state index is 11.8. The fourth-order valence-electron chi connectivity index (χ4n) is 1.60. The van der Waals surface area contributed by atoms with Crippen LogP contribution in [0.25, 0.3) is 0 Å². The van der Waals surface area contributed by atoms with E-state index in [1.165, 1.54) is 0 Å². The summed E-state index contributed by atoms with van der Waals surface area (Å²) >= 11 is 0. The molecule has 94 valence electrons. The van der Waals surface area contributed by atoms with Crippen LogP contribution < -0.4 is 10.1 Å². The number of para-hydroxylation sites is 1. The van der Waals surface area contributed by atoms with Crippen LogP contribution >= 0.6 is 0 Å². The highest BCUT2D eigenvalue weighted by Crippen LogP contribution is 2.18. The first-order valence-corrected chi connectivity index (χ1v) is 5.69. The third kappa shape index (κ3) is 4.07. The van der Waals surface area contributed by atoms with Crippen molar-refractivity contribution in [2.75, 3.05) is 27.7 Å². The second-order valence-electron chi connectivity index (χ2n) is 3.92. The van der Waals surface area contributed by atoms with Crippen molar-refractivity contribution in [1.29, 1.82) is 0 Å². The second-order valence-corrected chi connectivity index (χ2v) is 3.92. The van der Waals surface area contributed by atoms with Crippen molar-refractivity contribution in [3.63, 3.8) is 0 Å². The van der Waals surface area contributed by atoms with E-state index in [9.17, 15) is 4.79 Å². The maximum Gasteiger partial charge on any atom is 0.223 e. The van der Waals surface area contributed by atoms with Crippen LogP contribution in [0.4, 0.5) is 0 Å². The summed E-state index contributed by atoms with van der Waals surface area (Å²) in [5.74, 6) is 0.950. The van der Waals surface area contributed by atoms with Crippen molar-refractivity contribution >= 4 is 5.91 Å². The molecule has 0 saturated carbocycles. The van der Waals surface area contributed by atoms with Gasteiger partial charge in [0.2, 0.25) is 5.91 Å². The molecule has 0 aliphatic heterocycles. The van der Waals surface area contributed by atoms with Crippen molar-refractivity contribution in [1.82, 2.24) is 10.2 Å². The molecule has 17 heavy (non-hydrogen) atoms. The van der Waals surface area contributed by atoms with Gasteiger partial charge in [0, 0.05) is 32.1 Å². The standard InChI is InChI=1S/C13H20N2O2/c1-14-9-8-13(16)15(2)10-11-6-4-5-7-12(11)17-3/h4-7,14H,8-10H2,1-3H3. The van der Waals surface area contributed by atoms with Gasteiger partial charge in [-0.25, -0.2) is 0 Å². The van der Waals surface area contributed by atoms with Crippen LogP contribution in [0.15, 0.2) is 24.3 Å². The van der Waals surface area contributed by atoms with Crippen LogP contribution in [0.2, 0.25) is 0 Å². The molecule has 0 saturated heterocycles. The zero-order valence-electron chi connectivity index (χ0n) is 10.7. The van der Waals surface area contributed by atoms with E-state index in [4.69, 9.17) is 4.74 Å². The van der Waals surface area contributed by atoms with E-state index in [-0.39, 0.29) is 5.91 Å². The molecule has 0 aliphatic carbocycles. The summed E-state index contributed by atoms with van der Waals surface area (Å²) < 4.78 is 5.26. The van der Waals surface area contributed by atoms with Gasteiger partial charge in [0.05, 0.1) is 7.11 Å². The Balaban J connectivity index is 2.60. The molecule has 4 heteroatoms. The van der Waals surface area contributed by atoms with Crippen LogP contribution in [0.1, 0.15) is 12.0 Å². The number of carbonyl (C=O) groups excluding carboxylic acids is 1. The van der Waals surface area contributed by atoms with E-state index < -0.39 is 0 Å². The molecule has 0 aliphatic rings. The number of nitrogens with one attached hydrogen (secondary N) is 1. The molecule has 0 spiro atoms. The number of ether oxygens (including phenoxy) is 1. The van der Waals surface area contributed by atoms with Gasteiger partial charge in [-0.1, -0.05) is 18.2 Å². The SMILES string of the molecule is CNCCC(=O)N(C)Cc1ccccc1OC. The van der Waals surface area contributed by atoms with Gasteiger partial charge in [-0.05, 0) is 13.1 Å². The molecule has 0 fully saturated rings. The molecule has 0 aromatic heterocycles. The average Bonchev–Trinajstić information content (AvgIpc) is 2.36. The Bertz CT molecular complexity index is 366. The van der Waals surface area contributed by atoms with Crippen LogP contribution in [0.5, 0.6) is 5.75 Å². The van der Waals surface area contributed by atoms with Gasteiger partial charge < -0.3 is 15.0 Å². The molecule has 4 nitrogen and oxygen atoms in total. The molecule has 1 N–H and O–H groups in total. The summed E-state index contributed by atoms with van der Waals surface area (Å²) in [7, 11) is 5.29. The molecular weight excluding hydrogens is 216 g/mol. The molecule has 1 aromatic rings. The quantitative estimate of drug-likeness (QED) is 0.808. The fourth-order valence-corrected chi connectivity index (χ4v) is 1.60. The van der Waals surface area contributed by atoms with Gasteiger partial charge in [-0.2, -0.15) is 0 Å². The Labute approximate surface area is 103 Å². The number of amides is 1. The van der Waals surface area contributed by atoms with E-state index in [1.54, 1.807) is 12.0 Å². The Morgan fingerprint density at radius 3 is 2.76 bits per heavy atom. The van der Waals surface area contributed by atoms with Crippen molar-refractivity contribution in [2.45, 2.75) is 13.0 Å². The third-order valence-corrected chi connectivity index (χ3v) is 2.61. The van der Waals surface area contributed by atoms with Gasteiger partial charge in [0.1, 0.15) is 5.75 Å². The zero-order chi connectivity index (χ0) is 12.7. The summed E-state index contributed by atoms with van der Waals surface area (Å²) in [6.45, 7) is 1.28. The minimum Gasteiger partial charge on any atom is -0.496 e.